The van der Waals surface area contributed by atoms with E-state index in [1.165, 1.54) is 0 Å². The SMILES string of the molecule is CCn1cnnc1-c1cccc2cccc(C(=O)O)c12. The van der Waals surface area contributed by atoms with Crippen molar-refractivity contribution >= 4 is 16.7 Å². The molecule has 0 aliphatic rings. The van der Waals surface area contributed by atoms with Gasteiger partial charge in [0.1, 0.15) is 6.33 Å². The van der Waals surface area contributed by atoms with Gasteiger partial charge >= 0.3 is 5.97 Å². The van der Waals surface area contributed by atoms with Crippen molar-refractivity contribution < 1.29 is 9.90 Å². The molecular weight excluding hydrogens is 254 g/mol. The lowest BCUT2D eigenvalue weighted by Gasteiger charge is -2.09. The second kappa shape index (κ2) is 4.77. The third-order valence-corrected chi connectivity index (χ3v) is 3.33. The summed E-state index contributed by atoms with van der Waals surface area (Å²) >= 11 is 0. The number of aryl methyl sites for hydroxylation is 1. The zero-order chi connectivity index (χ0) is 14.1. The first-order valence-corrected chi connectivity index (χ1v) is 6.35. The van der Waals surface area contributed by atoms with Crippen molar-refractivity contribution in [3.05, 3.63) is 48.3 Å². The molecule has 0 atom stereocenters. The number of carboxylic acid groups (broad SMARTS) is 1. The molecule has 0 aliphatic carbocycles. The lowest BCUT2D eigenvalue weighted by molar-refractivity contribution is 0.0699. The molecule has 0 saturated heterocycles. The monoisotopic (exact) mass is 267 g/mol. The van der Waals surface area contributed by atoms with Crippen LogP contribution in [0.2, 0.25) is 0 Å². The fourth-order valence-corrected chi connectivity index (χ4v) is 2.40. The number of aromatic carboxylic acids is 1. The van der Waals surface area contributed by atoms with Crippen molar-refractivity contribution in [3.63, 3.8) is 0 Å². The summed E-state index contributed by atoms with van der Waals surface area (Å²) in [7, 11) is 0. The molecule has 0 amide bonds. The summed E-state index contributed by atoms with van der Waals surface area (Å²) in [4.78, 5) is 11.4. The van der Waals surface area contributed by atoms with Gasteiger partial charge in [0, 0.05) is 17.5 Å². The number of carbonyl (C=O) groups is 1. The average molecular weight is 267 g/mol. The van der Waals surface area contributed by atoms with Crippen molar-refractivity contribution in [1.29, 1.82) is 0 Å². The second-order valence-corrected chi connectivity index (χ2v) is 4.45. The third-order valence-electron chi connectivity index (χ3n) is 3.33. The number of fused-ring (bicyclic) bond motifs is 1. The fourth-order valence-electron chi connectivity index (χ4n) is 2.40. The quantitative estimate of drug-likeness (QED) is 0.792. The van der Waals surface area contributed by atoms with Crippen LogP contribution in [0, 0.1) is 0 Å². The molecule has 1 aromatic heterocycles. The van der Waals surface area contributed by atoms with Gasteiger partial charge in [0.25, 0.3) is 0 Å². The Kier molecular flexibility index (Phi) is 2.95. The van der Waals surface area contributed by atoms with Crippen LogP contribution in [0.4, 0.5) is 0 Å². The maximum absolute atomic E-state index is 11.4. The van der Waals surface area contributed by atoms with Crippen LogP contribution in [0.25, 0.3) is 22.2 Å². The average Bonchev–Trinajstić information content (AvgIpc) is 2.94. The van der Waals surface area contributed by atoms with Gasteiger partial charge in [0.2, 0.25) is 0 Å². The van der Waals surface area contributed by atoms with Crippen LogP contribution in [0.15, 0.2) is 42.7 Å². The molecule has 3 rings (SSSR count). The van der Waals surface area contributed by atoms with E-state index in [0.717, 1.165) is 17.5 Å². The van der Waals surface area contributed by atoms with E-state index in [9.17, 15) is 9.90 Å². The lowest BCUT2D eigenvalue weighted by Crippen LogP contribution is -2.01. The number of benzene rings is 2. The smallest absolute Gasteiger partial charge is 0.336 e. The highest BCUT2D eigenvalue weighted by atomic mass is 16.4. The number of carboxylic acids is 1. The maximum Gasteiger partial charge on any atom is 0.336 e. The zero-order valence-electron chi connectivity index (χ0n) is 10.9. The summed E-state index contributed by atoms with van der Waals surface area (Å²) in [6, 6.07) is 10.9. The highest BCUT2D eigenvalue weighted by Gasteiger charge is 2.15. The van der Waals surface area contributed by atoms with E-state index in [-0.39, 0.29) is 5.56 Å². The Morgan fingerprint density at radius 1 is 1.25 bits per heavy atom. The minimum Gasteiger partial charge on any atom is -0.478 e. The van der Waals surface area contributed by atoms with Crippen LogP contribution in [0.3, 0.4) is 0 Å². The predicted molar refractivity (Wildman–Crippen MR) is 75.6 cm³/mol. The Bertz CT molecular complexity index is 787. The number of hydrogen-bond acceptors (Lipinski definition) is 3. The molecule has 0 unspecified atom stereocenters. The van der Waals surface area contributed by atoms with Gasteiger partial charge in [-0.1, -0.05) is 30.3 Å². The van der Waals surface area contributed by atoms with E-state index in [4.69, 9.17) is 0 Å². The Labute approximate surface area is 115 Å². The Balaban J connectivity index is 2.39. The van der Waals surface area contributed by atoms with E-state index in [1.807, 2.05) is 35.8 Å². The molecule has 20 heavy (non-hydrogen) atoms. The minimum absolute atomic E-state index is 0.281. The van der Waals surface area contributed by atoms with E-state index >= 15 is 0 Å². The molecule has 0 saturated carbocycles. The molecule has 1 heterocycles. The van der Waals surface area contributed by atoms with E-state index in [0.29, 0.717) is 11.2 Å². The molecule has 0 bridgehead atoms. The molecule has 2 aromatic carbocycles. The van der Waals surface area contributed by atoms with Gasteiger partial charge in [-0.15, -0.1) is 10.2 Å². The molecule has 1 N–H and O–H groups in total. The summed E-state index contributed by atoms with van der Waals surface area (Å²) in [5, 5.41) is 19.0. The molecule has 0 spiro atoms. The first-order valence-electron chi connectivity index (χ1n) is 6.35. The third kappa shape index (κ3) is 1.84. The van der Waals surface area contributed by atoms with E-state index < -0.39 is 5.97 Å². The lowest BCUT2D eigenvalue weighted by atomic mass is 9.98. The highest BCUT2D eigenvalue weighted by molar-refractivity contribution is 6.09. The second-order valence-electron chi connectivity index (χ2n) is 4.45. The van der Waals surface area contributed by atoms with Crippen molar-refractivity contribution in [3.8, 4) is 11.4 Å². The summed E-state index contributed by atoms with van der Waals surface area (Å²) in [5.74, 6) is -0.252. The van der Waals surface area contributed by atoms with Gasteiger partial charge in [-0.2, -0.15) is 0 Å². The number of nitrogens with zero attached hydrogens (tertiary/aromatic N) is 3. The number of aromatic nitrogens is 3. The largest absolute Gasteiger partial charge is 0.478 e. The summed E-state index contributed by atoms with van der Waals surface area (Å²) < 4.78 is 1.90. The van der Waals surface area contributed by atoms with Crippen LogP contribution < -0.4 is 0 Å². The summed E-state index contributed by atoms with van der Waals surface area (Å²) in [6.45, 7) is 2.73. The molecular formula is C15H13N3O2. The van der Waals surface area contributed by atoms with Crippen LogP contribution in [-0.2, 0) is 6.54 Å². The summed E-state index contributed by atoms with van der Waals surface area (Å²) in [5.41, 5.74) is 1.07. The van der Waals surface area contributed by atoms with Crippen LogP contribution >= 0.6 is 0 Å². The minimum atomic E-state index is -0.939. The van der Waals surface area contributed by atoms with E-state index in [2.05, 4.69) is 10.2 Å². The molecule has 100 valence electrons. The van der Waals surface area contributed by atoms with Gasteiger partial charge in [-0.05, 0) is 18.4 Å². The first-order chi connectivity index (χ1) is 9.72. The van der Waals surface area contributed by atoms with Crippen LogP contribution in [0.5, 0.6) is 0 Å². The van der Waals surface area contributed by atoms with Crippen molar-refractivity contribution in [1.82, 2.24) is 14.8 Å². The normalized spacial score (nSPS) is 10.8. The zero-order valence-corrected chi connectivity index (χ0v) is 10.9. The Morgan fingerprint density at radius 2 is 2.00 bits per heavy atom. The molecule has 0 aliphatic heterocycles. The number of rotatable bonds is 3. The van der Waals surface area contributed by atoms with Crippen molar-refractivity contribution in [2.24, 2.45) is 0 Å². The molecule has 0 radical (unpaired) electrons. The van der Waals surface area contributed by atoms with Gasteiger partial charge in [-0.3, -0.25) is 0 Å². The fraction of sp³-hybridized carbons (Fsp3) is 0.133. The van der Waals surface area contributed by atoms with Gasteiger partial charge in [0.05, 0.1) is 5.56 Å². The number of hydrogen-bond donors (Lipinski definition) is 1. The Hall–Kier alpha value is -2.69. The Morgan fingerprint density at radius 3 is 2.70 bits per heavy atom. The van der Waals surface area contributed by atoms with Crippen LogP contribution in [0.1, 0.15) is 17.3 Å². The maximum atomic E-state index is 11.4. The van der Waals surface area contributed by atoms with Crippen molar-refractivity contribution in [2.75, 3.05) is 0 Å². The van der Waals surface area contributed by atoms with Gasteiger partial charge < -0.3 is 9.67 Å². The van der Waals surface area contributed by atoms with Gasteiger partial charge in [0.15, 0.2) is 5.82 Å². The highest BCUT2D eigenvalue weighted by Crippen LogP contribution is 2.30. The predicted octanol–water partition coefficient (Wildman–Crippen LogP) is 2.82. The van der Waals surface area contributed by atoms with Gasteiger partial charge in [-0.25, -0.2) is 4.79 Å². The first kappa shape index (κ1) is 12.3. The van der Waals surface area contributed by atoms with Crippen LogP contribution in [-0.4, -0.2) is 25.8 Å². The van der Waals surface area contributed by atoms with E-state index in [1.54, 1.807) is 18.5 Å². The molecule has 3 aromatic rings. The molecule has 0 fully saturated rings. The van der Waals surface area contributed by atoms with Crippen molar-refractivity contribution in [2.45, 2.75) is 13.5 Å². The summed E-state index contributed by atoms with van der Waals surface area (Å²) in [6.07, 6.45) is 1.65. The molecule has 5 heteroatoms. The topological polar surface area (TPSA) is 68.0 Å². The molecule has 5 nitrogen and oxygen atoms in total. The standard InChI is InChI=1S/C15H13N3O2/c1-2-18-9-16-17-14(18)11-7-3-5-10-6-4-8-12(13(10)11)15(19)20/h3-9H,2H2,1H3,(H,19,20).